The lowest BCUT2D eigenvalue weighted by Crippen LogP contribution is -2.14. The van der Waals surface area contributed by atoms with Crippen molar-refractivity contribution in [3.05, 3.63) is 10.8 Å². The predicted molar refractivity (Wildman–Crippen MR) is 69.3 cm³/mol. The van der Waals surface area contributed by atoms with Gasteiger partial charge in [-0.1, -0.05) is 25.2 Å². The minimum atomic E-state index is 0.270. The van der Waals surface area contributed by atoms with Gasteiger partial charge < -0.3 is 5.73 Å². The van der Waals surface area contributed by atoms with Gasteiger partial charge in [-0.3, -0.25) is 0 Å². The van der Waals surface area contributed by atoms with Crippen LogP contribution in [0.5, 0.6) is 0 Å². The van der Waals surface area contributed by atoms with Crippen LogP contribution in [0.4, 0.5) is 0 Å². The van der Waals surface area contributed by atoms with Crippen LogP contribution in [0.15, 0.2) is 0 Å². The number of fused-ring (bicyclic) bond motifs is 1. The summed E-state index contributed by atoms with van der Waals surface area (Å²) < 4.78 is 1.87. The van der Waals surface area contributed by atoms with Crippen molar-refractivity contribution < 1.29 is 0 Å². The first-order chi connectivity index (χ1) is 8.08. The maximum atomic E-state index is 5.73. The molecule has 6 heteroatoms. The lowest BCUT2D eigenvalue weighted by atomic mass is 10.1. The molecule has 1 unspecified atom stereocenters. The summed E-state index contributed by atoms with van der Waals surface area (Å²) in [5.41, 5.74) is 5.73. The fourth-order valence-corrected chi connectivity index (χ4v) is 2.59. The van der Waals surface area contributed by atoms with Crippen molar-refractivity contribution >= 4 is 16.3 Å². The van der Waals surface area contributed by atoms with Crippen molar-refractivity contribution in [2.45, 2.75) is 52.0 Å². The van der Waals surface area contributed by atoms with E-state index < -0.39 is 0 Å². The van der Waals surface area contributed by atoms with E-state index in [0.717, 1.165) is 35.1 Å². The zero-order valence-corrected chi connectivity index (χ0v) is 11.4. The third-order valence-corrected chi connectivity index (χ3v) is 3.58. The van der Waals surface area contributed by atoms with Crippen molar-refractivity contribution in [2.75, 3.05) is 0 Å². The number of aromatic nitrogens is 4. The Kier molecular flexibility index (Phi) is 3.73. The van der Waals surface area contributed by atoms with Crippen LogP contribution < -0.4 is 5.73 Å². The lowest BCUT2D eigenvalue weighted by Gasteiger charge is -2.01. The molecule has 2 aromatic rings. The SMILES string of the molecule is CC(N)CCCc1nn2c(C(C)C)nnc2s1. The molecule has 0 saturated heterocycles. The monoisotopic (exact) mass is 253 g/mol. The number of nitrogens with two attached hydrogens (primary N) is 1. The summed E-state index contributed by atoms with van der Waals surface area (Å²) in [7, 11) is 0. The molecule has 1 atom stereocenters. The standard InChI is InChI=1S/C11H19N5S/c1-7(2)10-13-14-11-16(10)15-9(17-11)6-4-5-8(3)12/h7-8H,4-6,12H2,1-3H3. The van der Waals surface area contributed by atoms with E-state index in [1.165, 1.54) is 0 Å². The second-order valence-corrected chi connectivity index (χ2v) is 5.81. The van der Waals surface area contributed by atoms with Crippen molar-refractivity contribution in [3.63, 3.8) is 0 Å². The topological polar surface area (TPSA) is 69.1 Å². The van der Waals surface area contributed by atoms with E-state index in [4.69, 9.17) is 5.73 Å². The molecule has 0 saturated carbocycles. The average Bonchev–Trinajstić information content (AvgIpc) is 2.75. The Morgan fingerprint density at radius 3 is 2.71 bits per heavy atom. The highest BCUT2D eigenvalue weighted by Gasteiger charge is 2.13. The Balaban J connectivity index is 2.10. The second kappa shape index (κ2) is 5.10. The molecule has 0 aliphatic carbocycles. The first-order valence-electron chi connectivity index (χ1n) is 6.04. The molecule has 94 valence electrons. The van der Waals surface area contributed by atoms with Crippen LogP contribution in [0.1, 0.15) is 50.4 Å². The summed E-state index contributed by atoms with van der Waals surface area (Å²) in [5.74, 6) is 1.29. The highest BCUT2D eigenvalue weighted by molar-refractivity contribution is 7.16. The maximum Gasteiger partial charge on any atom is 0.234 e. The van der Waals surface area contributed by atoms with E-state index in [0.29, 0.717) is 5.92 Å². The number of aryl methyl sites for hydroxylation is 1. The molecule has 0 radical (unpaired) electrons. The summed E-state index contributed by atoms with van der Waals surface area (Å²) in [6.45, 7) is 6.24. The summed E-state index contributed by atoms with van der Waals surface area (Å²) in [4.78, 5) is 0.893. The summed E-state index contributed by atoms with van der Waals surface area (Å²) in [6.07, 6.45) is 3.10. The predicted octanol–water partition coefficient (Wildman–Crippen LogP) is 1.98. The molecule has 2 aromatic heterocycles. The van der Waals surface area contributed by atoms with Crippen LogP contribution in [0.3, 0.4) is 0 Å². The highest BCUT2D eigenvalue weighted by Crippen LogP contribution is 2.19. The minimum absolute atomic E-state index is 0.270. The van der Waals surface area contributed by atoms with Gasteiger partial charge in [-0.25, -0.2) is 0 Å². The summed E-state index contributed by atoms with van der Waals surface area (Å²) in [5, 5.41) is 14.0. The summed E-state index contributed by atoms with van der Waals surface area (Å²) in [6, 6.07) is 0.270. The molecule has 17 heavy (non-hydrogen) atoms. The quantitative estimate of drug-likeness (QED) is 0.884. The van der Waals surface area contributed by atoms with Crippen molar-refractivity contribution in [2.24, 2.45) is 5.73 Å². The van der Waals surface area contributed by atoms with E-state index in [1.54, 1.807) is 11.3 Å². The van der Waals surface area contributed by atoms with E-state index in [-0.39, 0.29) is 6.04 Å². The molecule has 0 aliphatic rings. The van der Waals surface area contributed by atoms with E-state index >= 15 is 0 Å². The van der Waals surface area contributed by atoms with Gasteiger partial charge in [0.25, 0.3) is 0 Å². The van der Waals surface area contributed by atoms with Gasteiger partial charge >= 0.3 is 0 Å². The zero-order chi connectivity index (χ0) is 12.4. The Labute approximate surface area is 105 Å². The van der Waals surface area contributed by atoms with Crippen LogP contribution in [0, 0.1) is 0 Å². The third-order valence-electron chi connectivity index (χ3n) is 2.62. The molecule has 0 fully saturated rings. The smallest absolute Gasteiger partial charge is 0.234 e. The molecule has 5 nitrogen and oxygen atoms in total. The van der Waals surface area contributed by atoms with Gasteiger partial charge in [0, 0.05) is 18.4 Å². The highest BCUT2D eigenvalue weighted by atomic mass is 32.1. The Hall–Kier alpha value is -1.01. The van der Waals surface area contributed by atoms with Crippen LogP contribution in [-0.2, 0) is 6.42 Å². The average molecular weight is 253 g/mol. The van der Waals surface area contributed by atoms with Crippen molar-refractivity contribution in [1.82, 2.24) is 19.8 Å². The molecule has 0 aliphatic heterocycles. The Morgan fingerprint density at radius 1 is 1.29 bits per heavy atom. The zero-order valence-electron chi connectivity index (χ0n) is 10.6. The normalized spacial score (nSPS) is 13.7. The van der Waals surface area contributed by atoms with E-state index in [9.17, 15) is 0 Å². The van der Waals surface area contributed by atoms with Crippen LogP contribution in [-0.4, -0.2) is 25.9 Å². The first-order valence-corrected chi connectivity index (χ1v) is 6.86. The number of nitrogens with zero attached hydrogens (tertiary/aromatic N) is 4. The van der Waals surface area contributed by atoms with Crippen molar-refractivity contribution in [1.29, 1.82) is 0 Å². The molecule has 0 bridgehead atoms. The number of hydrogen-bond acceptors (Lipinski definition) is 5. The first kappa shape index (κ1) is 12.4. The van der Waals surface area contributed by atoms with Gasteiger partial charge in [-0.2, -0.15) is 9.61 Å². The molecule has 2 rings (SSSR count). The van der Waals surface area contributed by atoms with Crippen molar-refractivity contribution in [3.8, 4) is 0 Å². The molecule has 0 aromatic carbocycles. The van der Waals surface area contributed by atoms with Crippen LogP contribution in [0.25, 0.3) is 4.96 Å². The number of rotatable bonds is 5. The van der Waals surface area contributed by atoms with Gasteiger partial charge in [0.15, 0.2) is 5.82 Å². The molecule has 0 spiro atoms. The molecular weight excluding hydrogens is 234 g/mol. The summed E-state index contributed by atoms with van der Waals surface area (Å²) >= 11 is 1.62. The second-order valence-electron chi connectivity index (χ2n) is 4.77. The fraction of sp³-hybridized carbons (Fsp3) is 0.727. The molecule has 2 heterocycles. The molecule has 0 amide bonds. The van der Waals surface area contributed by atoms with Gasteiger partial charge in [-0.05, 0) is 19.8 Å². The van der Waals surface area contributed by atoms with E-state index in [2.05, 4.69) is 29.1 Å². The van der Waals surface area contributed by atoms with Gasteiger partial charge in [0.1, 0.15) is 5.01 Å². The third kappa shape index (κ3) is 2.81. The van der Waals surface area contributed by atoms with Gasteiger partial charge in [0.2, 0.25) is 4.96 Å². The minimum Gasteiger partial charge on any atom is -0.328 e. The van der Waals surface area contributed by atoms with Crippen LogP contribution >= 0.6 is 11.3 Å². The van der Waals surface area contributed by atoms with Crippen LogP contribution in [0.2, 0.25) is 0 Å². The lowest BCUT2D eigenvalue weighted by molar-refractivity contribution is 0.618. The molecular formula is C11H19N5S. The molecule has 2 N–H and O–H groups in total. The largest absolute Gasteiger partial charge is 0.328 e. The number of hydrogen-bond donors (Lipinski definition) is 1. The van der Waals surface area contributed by atoms with Gasteiger partial charge in [-0.15, -0.1) is 10.2 Å². The van der Waals surface area contributed by atoms with E-state index in [1.807, 2.05) is 11.4 Å². The fourth-order valence-electron chi connectivity index (χ4n) is 1.71. The maximum absolute atomic E-state index is 5.73. The Morgan fingerprint density at radius 2 is 2.06 bits per heavy atom. The Bertz CT molecular complexity index is 485. The van der Waals surface area contributed by atoms with Gasteiger partial charge in [0.05, 0.1) is 0 Å².